The van der Waals surface area contributed by atoms with Crippen LogP contribution in [-0.4, -0.2) is 6.04 Å². The Morgan fingerprint density at radius 3 is 2.62 bits per heavy atom. The van der Waals surface area contributed by atoms with Crippen molar-refractivity contribution < 1.29 is 4.42 Å². The molecule has 2 heteroatoms. The van der Waals surface area contributed by atoms with E-state index in [1.807, 2.05) is 6.92 Å². The van der Waals surface area contributed by atoms with Gasteiger partial charge in [-0.05, 0) is 45.2 Å². The minimum atomic E-state index is 0.361. The zero-order chi connectivity index (χ0) is 9.42. The highest BCUT2D eigenvalue weighted by Crippen LogP contribution is 2.25. The van der Waals surface area contributed by atoms with Gasteiger partial charge in [0.1, 0.15) is 11.5 Å². The van der Waals surface area contributed by atoms with Crippen molar-refractivity contribution in [3.05, 3.63) is 23.2 Å². The highest BCUT2D eigenvalue weighted by molar-refractivity contribution is 5.20. The molecule has 1 saturated carbocycles. The van der Waals surface area contributed by atoms with Crippen LogP contribution in [0.25, 0.3) is 0 Å². The zero-order valence-electron chi connectivity index (χ0n) is 8.55. The van der Waals surface area contributed by atoms with Crippen LogP contribution >= 0.6 is 0 Å². The number of hydrogen-bond donors (Lipinski definition) is 1. The second-order valence-electron chi connectivity index (χ2n) is 4.05. The van der Waals surface area contributed by atoms with Crippen molar-refractivity contribution >= 4 is 0 Å². The Bertz CT molecular complexity index is 280. The standard InChI is InChI=1S/C11H17NO/c1-7-6-11(13-9(7)3)8(2)12-10-4-5-10/h6,8,10,12H,4-5H2,1-3H3. The molecule has 1 N–H and O–H groups in total. The van der Waals surface area contributed by atoms with Crippen LogP contribution in [0, 0.1) is 13.8 Å². The highest BCUT2D eigenvalue weighted by atomic mass is 16.3. The van der Waals surface area contributed by atoms with Gasteiger partial charge in [0.25, 0.3) is 0 Å². The number of nitrogens with one attached hydrogen (secondary N) is 1. The smallest absolute Gasteiger partial charge is 0.121 e. The highest BCUT2D eigenvalue weighted by Gasteiger charge is 2.24. The molecular formula is C11H17NO. The van der Waals surface area contributed by atoms with Crippen LogP contribution in [-0.2, 0) is 0 Å². The first-order valence-electron chi connectivity index (χ1n) is 5.00. The second-order valence-corrected chi connectivity index (χ2v) is 4.05. The summed E-state index contributed by atoms with van der Waals surface area (Å²) in [5.41, 5.74) is 1.25. The topological polar surface area (TPSA) is 25.2 Å². The summed E-state index contributed by atoms with van der Waals surface area (Å²) in [6.45, 7) is 6.27. The van der Waals surface area contributed by atoms with E-state index in [1.165, 1.54) is 18.4 Å². The monoisotopic (exact) mass is 179 g/mol. The molecule has 1 aromatic rings. The molecule has 1 aromatic heterocycles. The Morgan fingerprint density at radius 2 is 2.15 bits per heavy atom. The third kappa shape index (κ3) is 1.94. The lowest BCUT2D eigenvalue weighted by molar-refractivity contribution is 0.414. The van der Waals surface area contributed by atoms with E-state index in [2.05, 4.69) is 25.2 Å². The molecule has 0 spiro atoms. The zero-order valence-corrected chi connectivity index (χ0v) is 8.55. The van der Waals surface area contributed by atoms with Crippen molar-refractivity contribution in [3.8, 4) is 0 Å². The fraction of sp³-hybridized carbons (Fsp3) is 0.636. The van der Waals surface area contributed by atoms with Gasteiger partial charge in [-0.25, -0.2) is 0 Å². The van der Waals surface area contributed by atoms with Gasteiger partial charge in [0.15, 0.2) is 0 Å². The van der Waals surface area contributed by atoms with Crippen LogP contribution in [0.3, 0.4) is 0 Å². The Labute approximate surface area is 79.3 Å². The Kier molecular flexibility index (Phi) is 2.16. The molecule has 1 unspecified atom stereocenters. The maximum Gasteiger partial charge on any atom is 0.121 e. The molecule has 0 bridgehead atoms. The van der Waals surface area contributed by atoms with Gasteiger partial charge in [-0.15, -0.1) is 0 Å². The summed E-state index contributed by atoms with van der Waals surface area (Å²) < 4.78 is 5.64. The molecule has 1 aliphatic rings. The summed E-state index contributed by atoms with van der Waals surface area (Å²) in [4.78, 5) is 0. The SMILES string of the molecule is Cc1cc(C(C)NC2CC2)oc1C. The van der Waals surface area contributed by atoms with Crippen LogP contribution in [0.1, 0.15) is 42.9 Å². The molecular weight excluding hydrogens is 162 g/mol. The maximum absolute atomic E-state index is 5.64. The summed E-state index contributed by atoms with van der Waals surface area (Å²) >= 11 is 0. The normalized spacial score (nSPS) is 19.0. The van der Waals surface area contributed by atoms with Crippen LogP contribution < -0.4 is 5.32 Å². The molecule has 1 heterocycles. The third-order valence-corrected chi connectivity index (χ3v) is 2.67. The van der Waals surface area contributed by atoms with Gasteiger partial charge in [-0.3, -0.25) is 0 Å². The quantitative estimate of drug-likeness (QED) is 0.771. The summed E-state index contributed by atoms with van der Waals surface area (Å²) in [5, 5.41) is 3.52. The van der Waals surface area contributed by atoms with Crippen LogP contribution in [0.5, 0.6) is 0 Å². The van der Waals surface area contributed by atoms with Crippen molar-refractivity contribution in [1.29, 1.82) is 0 Å². The first-order chi connectivity index (χ1) is 6.16. The lowest BCUT2D eigenvalue weighted by Gasteiger charge is -2.09. The third-order valence-electron chi connectivity index (χ3n) is 2.67. The summed E-state index contributed by atoms with van der Waals surface area (Å²) in [7, 11) is 0. The van der Waals surface area contributed by atoms with Crippen molar-refractivity contribution in [2.75, 3.05) is 0 Å². The Balaban J connectivity index is 2.05. The Morgan fingerprint density at radius 1 is 1.46 bits per heavy atom. The van der Waals surface area contributed by atoms with E-state index in [1.54, 1.807) is 0 Å². The van der Waals surface area contributed by atoms with Gasteiger partial charge in [0.05, 0.1) is 6.04 Å². The van der Waals surface area contributed by atoms with E-state index >= 15 is 0 Å². The molecule has 1 aliphatic carbocycles. The predicted molar refractivity (Wildman–Crippen MR) is 52.8 cm³/mol. The van der Waals surface area contributed by atoms with E-state index in [4.69, 9.17) is 4.42 Å². The molecule has 1 fully saturated rings. The molecule has 2 rings (SSSR count). The fourth-order valence-electron chi connectivity index (χ4n) is 1.50. The van der Waals surface area contributed by atoms with Gasteiger partial charge in [-0.1, -0.05) is 0 Å². The first-order valence-corrected chi connectivity index (χ1v) is 5.00. The fourth-order valence-corrected chi connectivity index (χ4v) is 1.50. The molecule has 1 atom stereocenters. The summed E-state index contributed by atoms with van der Waals surface area (Å²) in [6.07, 6.45) is 2.64. The van der Waals surface area contributed by atoms with Gasteiger partial charge >= 0.3 is 0 Å². The molecule has 0 aliphatic heterocycles. The summed E-state index contributed by atoms with van der Waals surface area (Å²) in [5.74, 6) is 2.11. The van der Waals surface area contributed by atoms with Crippen molar-refractivity contribution in [2.45, 2.75) is 45.7 Å². The number of rotatable bonds is 3. The Hall–Kier alpha value is -0.760. The summed E-state index contributed by atoms with van der Waals surface area (Å²) in [6, 6.07) is 3.23. The van der Waals surface area contributed by atoms with Gasteiger partial charge in [0, 0.05) is 6.04 Å². The molecule has 72 valence electrons. The molecule has 0 radical (unpaired) electrons. The molecule has 2 nitrogen and oxygen atoms in total. The van der Waals surface area contributed by atoms with Crippen molar-refractivity contribution in [3.63, 3.8) is 0 Å². The van der Waals surface area contributed by atoms with E-state index in [-0.39, 0.29) is 0 Å². The number of hydrogen-bond acceptors (Lipinski definition) is 2. The van der Waals surface area contributed by atoms with Gasteiger partial charge in [-0.2, -0.15) is 0 Å². The molecule has 0 aromatic carbocycles. The van der Waals surface area contributed by atoms with E-state index in [9.17, 15) is 0 Å². The number of aryl methyl sites for hydroxylation is 2. The lowest BCUT2D eigenvalue weighted by atomic mass is 10.2. The largest absolute Gasteiger partial charge is 0.464 e. The van der Waals surface area contributed by atoms with Crippen molar-refractivity contribution in [1.82, 2.24) is 5.32 Å². The maximum atomic E-state index is 5.64. The average molecular weight is 179 g/mol. The average Bonchev–Trinajstić information content (AvgIpc) is 2.81. The number of furan rings is 1. The van der Waals surface area contributed by atoms with Crippen LogP contribution in [0.2, 0.25) is 0 Å². The predicted octanol–water partition coefficient (Wildman–Crippen LogP) is 2.71. The first kappa shape index (κ1) is 8.82. The molecule has 13 heavy (non-hydrogen) atoms. The van der Waals surface area contributed by atoms with E-state index < -0.39 is 0 Å². The van der Waals surface area contributed by atoms with Gasteiger partial charge < -0.3 is 9.73 Å². The lowest BCUT2D eigenvalue weighted by Crippen LogP contribution is -2.20. The van der Waals surface area contributed by atoms with Gasteiger partial charge in [0.2, 0.25) is 0 Å². The van der Waals surface area contributed by atoms with Crippen LogP contribution in [0.15, 0.2) is 10.5 Å². The van der Waals surface area contributed by atoms with Crippen LogP contribution in [0.4, 0.5) is 0 Å². The molecule has 0 amide bonds. The molecule has 0 saturated heterocycles. The van der Waals surface area contributed by atoms with Crippen molar-refractivity contribution in [2.24, 2.45) is 0 Å². The second kappa shape index (κ2) is 3.18. The minimum absolute atomic E-state index is 0.361. The minimum Gasteiger partial charge on any atom is -0.464 e. The van der Waals surface area contributed by atoms with E-state index in [0.29, 0.717) is 6.04 Å². The van der Waals surface area contributed by atoms with E-state index in [0.717, 1.165) is 17.6 Å².